The highest BCUT2D eigenvalue weighted by Gasteiger charge is 2.16. The number of rotatable bonds is 2. The highest BCUT2D eigenvalue weighted by molar-refractivity contribution is 6.20. The van der Waals surface area contributed by atoms with Gasteiger partial charge in [0.25, 0.3) is 0 Å². The Kier molecular flexibility index (Phi) is 3.72. The molecule has 0 spiro atoms. The second kappa shape index (κ2) is 6.37. The van der Waals surface area contributed by atoms with Gasteiger partial charge in [-0.15, -0.1) is 0 Å². The van der Waals surface area contributed by atoms with Crippen LogP contribution in [0.1, 0.15) is 5.56 Å². The van der Waals surface area contributed by atoms with Crippen LogP contribution in [-0.4, -0.2) is 4.98 Å². The summed E-state index contributed by atoms with van der Waals surface area (Å²) in [6.07, 6.45) is 1.89. The Balaban J connectivity index is 1.99. The number of pyridine rings is 1. The van der Waals surface area contributed by atoms with Crippen LogP contribution in [0.15, 0.2) is 97.2 Å². The van der Waals surface area contributed by atoms with Gasteiger partial charge in [0, 0.05) is 17.1 Å². The van der Waals surface area contributed by atoms with Gasteiger partial charge in [-0.1, -0.05) is 90.5 Å². The molecule has 128 valence electrons. The molecule has 1 aromatic heterocycles. The lowest BCUT2D eigenvalue weighted by atomic mass is 9.88. The van der Waals surface area contributed by atoms with Crippen molar-refractivity contribution in [3.8, 4) is 22.3 Å². The van der Waals surface area contributed by atoms with Crippen molar-refractivity contribution in [3.05, 3.63) is 103 Å². The number of hydrogen-bond donors (Lipinski definition) is 0. The second-order valence-corrected chi connectivity index (χ2v) is 6.93. The fraction of sp³-hybridized carbons (Fsp3) is 0.0385. The zero-order chi connectivity index (χ0) is 18.2. The van der Waals surface area contributed by atoms with Crippen LogP contribution in [0.3, 0.4) is 0 Å². The number of benzene rings is 4. The van der Waals surface area contributed by atoms with Crippen LogP contribution in [0.25, 0.3) is 43.9 Å². The molecule has 1 nitrogen and oxygen atoms in total. The summed E-state index contributed by atoms with van der Waals surface area (Å²) in [6.45, 7) is 2.13. The third kappa shape index (κ3) is 2.60. The second-order valence-electron chi connectivity index (χ2n) is 6.93. The summed E-state index contributed by atoms with van der Waals surface area (Å²) >= 11 is 0. The molecule has 5 rings (SSSR count). The first-order valence-electron chi connectivity index (χ1n) is 9.25. The van der Waals surface area contributed by atoms with Crippen LogP contribution in [-0.2, 0) is 0 Å². The number of fused-ring (bicyclic) bond motifs is 2. The van der Waals surface area contributed by atoms with Crippen molar-refractivity contribution in [1.82, 2.24) is 4.98 Å². The van der Waals surface area contributed by atoms with Crippen molar-refractivity contribution in [2.75, 3.05) is 0 Å². The maximum atomic E-state index is 4.81. The van der Waals surface area contributed by atoms with E-state index >= 15 is 0 Å². The Hall–Kier alpha value is -3.45. The fourth-order valence-electron chi connectivity index (χ4n) is 3.93. The molecule has 0 unspecified atom stereocenters. The molecule has 0 aliphatic rings. The standard InChI is InChI=1S/C26H19N/c1-18-13-15-20(16-14-18)24-21-10-5-6-11-22(21)25(19-8-3-2-4-9-19)26-23(24)12-7-17-27-26/h2-17H,1H3. The molecular formula is C26H19N. The van der Waals surface area contributed by atoms with Gasteiger partial charge in [-0.3, -0.25) is 4.98 Å². The van der Waals surface area contributed by atoms with Crippen LogP contribution in [0.2, 0.25) is 0 Å². The molecule has 0 N–H and O–H groups in total. The van der Waals surface area contributed by atoms with Crippen molar-refractivity contribution in [2.45, 2.75) is 6.92 Å². The van der Waals surface area contributed by atoms with Gasteiger partial charge in [0.15, 0.2) is 0 Å². The van der Waals surface area contributed by atoms with E-state index < -0.39 is 0 Å². The fourth-order valence-corrected chi connectivity index (χ4v) is 3.93. The van der Waals surface area contributed by atoms with Crippen LogP contribution in [0.4, 0.5) is 0 Å². The lowest BCUT2D eigenvalue weighted by Crippen LogP contribution is -1.92. The molecule has 0 fully saturated rings. The maximum Gasteiger partial charge on any atom is 0.0792 e. The molecule has 27 heavy (non-hydrogen) atoms. The first-order valence-corrected chi connectivity index (χ1v) is 9.25. The minimum absolute atomic E-state index is 1.05. The normalized spacial score (nSPS) is 11.1. The summed E-state index contributed by atoms with van der Waals surface area (Å²) < 4.78 is 0. The SMILES string of the molecule is Cc1ccc(-c2c3ccccc3c(-c3ccccc3)c3ncccc23)cc1. The molecule has 5 aromatic rings. The number of aryl methyl sites for hydroxylation is 1. The molecule has 4 aromatic carbocycles. The van der Waals surface area contributed by atoms with Gasteiger partial charge >= 0.3 is 0 Å². The van der Waals surface area contributed by atoms with E-state index in [1.54, 1.807) is 0 Å². The highest BCUT2D eigenvalue weighted by atomic mass is 14.7. The topological polar surface area (TPSA) is 12.9 Å². The first kappa shape index (κ1) is 15.8. The molecule has 0 aliphatic carbocycles. The van der Waals surface area contributed by atoms with Crippen molar-refractivity contribution in [2.24, 2.45) is 0 Å². The Labute approximate surface area is 158 Å². The predicted molar refractivity (Wildman–Crippen MR) is 115 cm³/mol. The van der Waals surface area contributed by atoms with E-state index in [1.165, 1.54) is 44.0 Å². The van der Waals surface area contributed by atoms with Crippen molar-refractivity contribution >= 4 is 21.7 Å². The van der Waals surface area contributed by atoms with E-state index in [0.717, 1.165) is 5.52 Å². The predicted octanol–water partition coefficient (Wildman–Crippen LogP) is 7.03. The molecule has 0 atom stereocenters. The monoisotopic (exact) mass is 345 g/mol. The Morgan fingerprint density at radius 3 is 1.85 bits per heavy atom. The lowest BCUT2D eigenvalue weighted by molar-refractivity contribution is 1.42. The van der Waals surface area contributed by atoms with Crippen molar-refractivity contribution < 1.29 is 0 Å². The zero-order valence-corrected chi connectivity index (χ0v) is 15.2. The minimum atomic E-state index is 1.05. The van der Waals surface area contributed by atoms with Gasteiger partial charge in [-0.25, -0.2) is 0 Å². The van der Waals surface area contributed by atoms with Crippen molar-refractivity contribution in [3.63, 3.8) is 0 Å². The third-order valence-electron chi connectivity index (χ3n) is 5.18. The van der Waals surface area contributed by atoms with Gasteiger partial charge in [0.05, 0.1) is 5.52 Å². The smallest absolute Gasteiger partial charge is 0.0792 e. The zero-order valence-electron chi connectivity index (χ0n) is 15.2. The summed E-state index contributed by atoms with van der Waals surface area (Å²) in [4.78, 5) is 4.81. The number of aromatic nitrogens is 1. The molecule has 1 heteroatoms. The number of hydrogen-bond acceptors (Lipinski definition) is 1. The summed E-state index contributed by atoms with van der Waals surface area (Å²) in [6, 6.07) is 32.3. The average Bonchev–Trinajstić information content (AvgIpc) is 2.73. The van der Waals surface area contributed by atoms with E-state index in [-0.39, 0.29) is 0 Å². The molecular weight excluding hydrogens is 326 g/mol. The van der Waals surface area contributed by atoms with Crippen molar-refractivity contribution in [1.29, 1.82) is 0 Å². The van der Waals surface area contributed by atoms with Gasteiger partial charge in [0.2, 0.25) is 0 Å². The van der Waals surface area contributed by atoms with E-state index in [0.29, 0.717) is 0 Å². The highest BCUT2D eigenvalue weighted by Crippen LogP contribution is 2.42. The van der Waals surface area contributed by atoms with Crippen LogP contribution in [0.5, 0.6) is 0 Å². The van der Waals surface area contributed by atoms with E-state index in [2.05, 4.69) is 91.9 Å². The summed E-state index contributed by atoms with van der Waals surface area (Å²) in [5, 5.41) is 3.70. The summed E-state index contributed by atoms with van der Waals surface area (Å²) in [5.41, 5.74) is 7.22. The van der Waals surface area contributed by atoms with Gasteiger partial charge in [0.1, 0.15) is 0 Å². The molecule has 1 heterocycles. The van der Waals surface area contributed by atoms with Crippen LogP contribution >= 0.6 is 0 Å². The third-order valence-corrected chi connectivity index (χ3v) is 5.18. The quantitative estimate of drug-likeness (QED) is 0.313. The minimum Gasteiger partial charge on any atom is -0.256 e. The molecule has 0 saturated heterocycles. The maximum absolute atomic E-state index is 4.81. The van der Waals surface area contributed by atoms with Crippen LogP contribution < -0.4 is 0 Å². The Morgan fingerprint density at radius 2 is 1.11 bits per heavy atom. The van der Waals surface area contributed by atoms with Gasteiger partial charge in [-0.2, -0.15) is 0 Å². The first-order chi connectivity index (χ1) is 13.3. The molecule has 0 aliphatic heterocycles. The van der Waals surface area contributed by atoms with E-state index in [4.69, 9.17) is 4.98 Å². The van der Waals surface area contributed by atoms with Gasteiger partial charge in [-0.05, 0) is 40.5 Å². The molecule has 0 amide bonds. The number of nitrogens with zero attached hydrogens (tertiary/aromatic N) is 1. The van der Waals surface area contributed by atoms with E-state index in [9.17, 15) is 0 Å². The molecule has 0 radical (unpaired) electrons. The Morgan fingerprint density at radius 1 is 0.519 bits per heavy atom. The van der Waals surface area contributed by atoms with Gasteiger partial charge < -0.3 is 0 Å². The van der Waals surface area contributed by atoms with Crippen LogP contribution in [0, 0.1) is 6.92 Å². The molecule has 0 saturated carbocycles. The Bertz CT molecular complexity index is 1200. The average molecular weight is 345 g/mol. The van der Waals surface area contributed by atoms with E-state index in [1.807, 2.05) is 12.3 Å². The summed E-state index contributed by atoms with van der Waals surface area (Å²) in [7, 11) is 0. The lowest BCUT2D eigenvalue weighted by Gasteiger charge is -2.16. The molecule has 0 bridgehead atoms. The largest absolute Gasteiger partial charge is 0.256 e. The summed E-state index contributed by atoms with van der Waals surface area (Å²) in [5.74, 6) is 0.